The van der Waals surface area contributed by atoms with E-state index in [4.69, 9.17) is 0 Å². The maximum absolute atomic E-state index is 12.3. The van der Waals surface area contributed by atoms with Crippen LogP contribution in [0.1, 0.15) is 33.1 Å². The Hall–Kier alpha value is -2.41. The summed E-state index contributed by atoms with van der Waals surface area (Å²) in [6.45, 7) is 7.39. The molecule has 1 aliphatic heterocycles. The Labute approximate surface area is 154 Å². The molecule has 1 aromatic heterocycles. The molecular formula is C19H28N6O. The van der Waals surface area contributed by atoms with Crippen LogP contribution in [0.25, 0.3) is 5.69 Å². The largest absolute Gasteiger partial charge is 0.336 e. The van der Waals surface area contributed by atoms with Gasteiger partial charge in [-0.1, -0.05) is 31.5 Å². The van der Waals surface area contributed by atoms with Crippen LogP contribution in [0.3, 0.4) is 0 Å². The zero-order valence-corrected chi connectivity index (χ0v) is 15.6. The molecule has 1 atom stereocenters. The second-order valence-electron chi connectivity index (χ2n) is 7.27. The Kier molecular flexibility index (Phi) is 6.22. The number of amides is 2. The van der Waals surface area contributed by atoms with Crippen molar-refractivity contribution in [2.45, 2.75) is 39.2 Å². The minimum absolute atomic E-state index is 0.171. The molecule has 2 aromatic rings. The summed E-state index contributed by atoms with van der Waals surface area (Å²) in [4.78, 5) is 14.8. The molecule has 0 aliphatic carbocycles. The summed E-state index contributed by atoms with van der Waals surface area (Å²) in [7, 11) is 0. The number of carbonyl (C=O) groups excluding carboxylic acids is 1. The van der Waals surface area contributed by atoms with Crippen LogP contribution in [0.5, 0.6) is 0 Å². The Morgan fingerprint density at radius 3 is 3.00 bits per heavy atom. The van der Waals surface area contributed by atoms with E-state index in [2.05, 4.69) is 39.7 Å². The quantitative estimate of drug-likeness (QED) is 0.834. The molecule has 0 bridgehead atoms. The molecule has 0 spiro atoms. The molecule has 1 aromatic carbocycles. The lowest BCUT2D eigenvalue weighted by atomic mass is 10.0. The number of piperidine rings is 1. The molecular weight excluding hydrogens is 328 g/mol. The maximum Gasteiger partial charge on any atom is 0.319 e. The number of anilines is 1. The molecule has 3 rings (SSSR count). The molecule has 1 unspecified atom stereocenters. The third kappa shape index (κ3) is 5.05. The van der Waals surface area contributed by atoms with Crippen LogP contribution in [0, 0.1) is 5.92 Å². The van der Waals surface area contributed by atoms with Crippen molar-refractivity contribution in [1.29, 1.82) is 0 Å². The fourth-order valence-corrected chi connectivity index (χ4v) is 3.46. The van der Waals surface area contributed by atoms with E-state index in [9.17, 15) is 4.79 Å². The molecule has 2 heterocycles. The van der Waals surface area contributed by atoms with E-state index in [0.29, 0.717) is 18.5 Å². The van der Waals surface area contributed by atoms with Gasteiger partial charge in [-0.05, 0) is 43.5 Å². The van der Waals surface area contributed by atoms with Gasteiger partial charge in [0.1, 0.15) is 0 Å². The number of urea groups is 1. The molecule has 1 aliphatic rings. The van der Waals surface area contributed by atoms with E-state index >= 15 is 0 Å². The molecule has 1 saturated heterocycles. The van der Waals surface area contributed by atoms with E-state index in [0.717, 1.165) is 30.9 Å². The van der Waals surface area contributed by atoms with Crippen LogP contribution < -0.4 is 10.6 Å². The van der Waals surface area contributed by atoms with Crippen molar-refractivity contribution >= 4 is 11.7 Å². The van der Waals surface area contributed by atoms with Gasteiger partial charge in [-0.15, -0.1) is 5.10 Å². The van der Waals surface area contributed by atoms with Gasteiger partial charge in [-0.2, -0.15) is 0 Å². The fraction of sp³-hybridized carbons (Fsp3) is 0.526. The maximum atomic E-state index is 12.3. The van der Waals surface area contributed by atoms with Gasteiger partial charge in [0, 0.05) is 24.8 Å². The van der Waals surface area contributed by atoms with Crippen molar-refractivity contribution in [3.63, 3.8) is 0 Å². The standard InChI is InChI=1S/C19H28N6O/c1-15(2)14-24-10-4-3-7-18(24)13-20-19(26)22-16-6-5-8-17(12-16)25-11-9-21-23-25/h5-6,8-9,11-12,15,18H,3-4,7,10,13-14H2,1-2H3,(H2,20,22,26). The lowest BCUT2D eigenvalue weighted by Crippen LogP contribution is -2.48. The highest BCUT2D eigenvalue weighted by molar-refractivity contribution is 5.89. The summed E-state index contributed by atoms with van der Waals surface area (Å²) >= 11 is 0. The number of hydrogen-bond acceptors (Lipinski definition) is 4. The van der Waals surface area contributed by atoms with Crippen LogP contribution in [0.4, 0.5) is 10.5 Å². The SMILES string of the molecule is CC(C)CN1CCCCC1CNC(=O)Nc1cccc(-n2ccnn2)c1. The van der Waals surface area contributed by atoms with Gasteiger partial charge in [0.05, 0.1) is 18.1 Å². The highest BCUT2D eigenvalue weighted by Gasteiger charge is 2.23. The second kappa shape index (κ2) is 8.80. The summed E-state index contributed by atoms with van der Waals surface area (Å²) in [5, 5.41) is 13.7. The Bertz CT molecular complexity index is 700. The van der Waals surface area contributed by atoms with E-state index in [1.807, 2.05) is 24.3 Å². The molecule has 7 heteroatoms. The lowest BCUT2D eigenvalue weighted by Gasteiger charge is -2.36. The first-order chi connectivity index (χ1) is 12.6. The third-order valence-corrected chi connectivity index (χ3v) is 4.64. The van der Waals surface area contributed by atoms with Crippen LogP contribution in [-0.4, -0.2) is 51.6 Å². The topological polar surface area (TPSA) is 75.1 Å². The van der Waals surface area contributed by atoms with Crippen LogP contribution in [-0.2, 0) is 0 Å². The third-order valence-electron chi connectivity index (χ3n) is 4.64. The van der Waals surface area contributed by atoms with Crippen molar-refractivity contribution in [3.05, 3.63) is 36.7 Å². The minimum Gasteiger partial charge on any atom is -0.336 e. The van der Waals surface area contributed by atoms with Crippen molar-refractivity contribution in [1.82, 2.24) is 25.2 Å². The predicted molar refractivity (Wildman–Crippen MR) is 102 cm³/mol. The zero-order valence-electron chi connectivity index (χ0n) is 15.6. The summed E-state index contributed by atoms with van der Waals surface area (Å²) in [6, 6.07) is 7.81. The van der Waals surface area contributed by atoms with Gasteiger partial charge in [-0.25, -0.2) is 9.48 Å². The number of carbonyl (C=O) groups is 1. The summed E-state index contributed by atoms with van der Waals surface area (Å²) in [5.41, 5.74) is 1.59. The number of benzene rings is 1. The van der Waals surface area contributed by atoms with E-state index in [1.54, 1.807) is 17.1 Å². The van der Waals surface area contributed by atoms with Crippen LogP contribution >= 0.6 is 0 Å². The molecule has 2 amide bonds. The lowest BCUT2D eigenvalue weighted by molar-refractivity contribution is 0.131. The molecule has 7 nitrogen and oxygen atoms in total. The van der Waals surface area contributed by atoms with Gasteiger partial charge in [0.15, 0.2) is 0 Å². The van der Waals surface area contributed by atoms with Gasteiger partial charge >= 0.3 is 6.03 Å². The van der Waals surface area contributed by atoms with Gasteiger partial charge in [0.2, 0.25) is 0 Å². The number of hydrogen-bond donors (Lipinski definition) is 2. The molecule has 1 fully saturated rings. The summed E-state index contributed by atoms with van der Waals surface area (Å²) < 4.78 is 1.66. The number of rotatable bonds is 6. The molecule has 140 valence electrons. The number of aromatic nitrogens is 3. The van der Waals surface area contributed by atoms with E-state index in [-0.39, 0.29) is 6.03 Å². The number of nitrogens with zero attached hydrogens (tertiary/aromatic N) is 4. The number of nitrogens with one attached hydrogen (secondary N) is 2. The Balaban J connectivity index is 1.53. The Morgan fingerprint density at radius 1 is 1.35 bits per heavy atom. The van der Waals surface area contributed by atoms with Crippen LogP contribution in [0.2, 0.25) is 0 Å². The zero-order chi connectivity index (χ0) is 18.4. The minimum atomic E-state index is -0.171. The number of likely N-dealkylation sites (tertiary alicyclic amines) is 1. The first-order valence-corrected chi connectivity index (χ1v) is 9.37. The summed E-state index contributed by atoms with van der Waals surface area (Å²) in [6.07, 6.45) is 7.03. The average Bonchev–Trinajstić information content (AvgIpc) is 3.15. The van der Waals surface area contributed by atoms with Gasteiger partial charge in [0.25, 0.3) is 0 Å². The highest BCUT2D eigenvalue weighted by Crippen LogP contribution is 2.18. The first kappa shape index (κ1) is 18.4. The second-order valence-corrected chi connectivity index (χ2v) is 7.27. The molecule has 0 radical (unpaired) electrons. The van der Waals surface area contributed by atoms with Crippen molar-refractivity contribution in [2.24, 2.45) is 5.92 Å². The normalized spacial score (nSPS) is 18.0. The first-order valence-electron chi connectivity index (χ1n) is 9.37. The average molecular weight is 356 g/mol. The molecule has 26 heavy (non-hydrogen) atoms. The Morgan fingerprint density at radius 2 is 2.23 bits per heavy atom. The molecule has 2 N–H and O–H groups in total. The van der Waals surface area contributed by atoms with Crippen molar-refractivity contribution in [3.8, 4) is 5.69 Å². The van der Waals surface area contributed by atoms with E-state index in [1.165, 1.54) is 12.8 Å². The summed E-state index contributed by atoms with van der Waals surface area (Å²) in [5.74, 6) is 0.643. The monoisotopic (exact) mass is 356 g/mol. The molecule has 0 saturated carbocycles. The fourth-order valence-electron chi connectivity index (χ4n) is 3.46. The van der Waals surface area contributed by atoms with Crippen molar-refractivity contribution in [2.75, 3.05) is 25.0 Å². The van der Waals surface area contributed by atoms with Gasteiger partial charge in [-0.3, -0.25) is 4.90 Å². The van der Waals surface area contributed by atoms with Crippen LogP contribution in [0.15, 0.2) is 36.7 Å². The van der Waals surface area contributed by atoms with E-state index < -0.39 is 0 Å². The van der Waals surface area contributed by atoms with Gasteiger partial charge < -0.3 is 10.6 Å². The predicted octanol–water partition coefficient (Wildman–Crippen LogP) is 2.90. The van der Waals surface area contributed by atoms with Crippen molar-refractivity contribution < 1.29 is 4.79 Å². The smallest absolute Gasteiger partial charge is 0.319 e. The highest BCUT2D eigenvalue weighted by atomic mass is 16.2.